The Morgan fingerprint density at radius 3 is 2.11 bits per heavy atom. The van der Waals surface area contributed by atoms with E-state index in [1.165, 1.54) is 16.6 Å². The second-order valence-corrected chi connectivity index (χ2v) is 15.7. The largest absolute Gasteiger partial charge is 0.497 e. The molecule has 1 aliphatic heterocycles. The Labute approximate surface area is 326 Å². The van der Waals surface area contributed by atoms with Crippen molar-refractivity contribution in [3.63, 3.8) is 0 Å². The van der Waals surface area contributed by atoms with E-state index in [1.54, 1.807) is 44.8 Å². The summed E-state index contributed by atoms with van der Waals surface area (Å²) >= 11 is 0. The van der Waals surface area contributed by atoms with Gasteiger partial charge in [0.25, 0.3) is 0 Å². The van der Waals surface area contributed by atoms with E-state index < -0.39 is 15.8 Å². The first kappa shape index (κ1) is 38.5. The maximum Gasteiger partial charge on any atom is 0.229 e. The van der Waals surface area contributed by atoms with Gasteiger partial charge in [-0.05, 0) is 85.1 Å². The standard InChI is InChI=1S/C41H44FN9O4S/c1-27(49-17-19-51(20-18-49)56(5,52)53)31-21-36(39(44-24-31)47-32-22-37(42)35-7-6-16-43-38(35)23-32)40-45-28(2)46-41(48-40)50(25-29-8-12-33(54-3)13-9-29)26-30-10-14-34(55-4)15-11-30/h6-16,21-24,27H,17-20,25-26H2,1-5H3,(H,44,47)/t27-/m1/s1. The molecule has 0 bridgehead atoms. The molecule has 15 heteroatoms. The Morgan fingerprint density at radius 2 is 1.50 bits per heavy atom. The van der Waals surface area contributed by atoms with Crippen LogP contribution in [0.4, 0.5) is 21.8 Å². The van der Waals surface area contributed by atoms with Crippen LogP contribution in [0.5, 0.6) is 11.5 Å². The highest BCUT2D eigenvalue weighted by atomic mass is 32.2. The van der Waals surface area contributed by atoms with Crippen molar-refractivity contribution in [1.29, 1.82) is 0 Å². The van der Waals surface area contributed by atoms with Gasteiger partial charge in [-0.25, -0.2) is 22.8 Å². The molecule has 0 aliphatic carbocycles. The lowest BCUT2D eigenvalue weighted by molar-refractivity contribution is 0.146. The van der Waals surface area contributed by atoms with Crippen molar-refractivity contribution >= 4 is 38.4 Å². The quantitative estimate of drug-likeness (QED) is 0.136. The van der Waals surface area contributed by atoms with Crippen LogP contribution in [-0.2, 0) is 23.1 Å². The summed E-state index contributed by atoms with van der Waals surface area (Å²) in [6, 6.07) is 24.2. The molecule has 1 aliphatic rings. The fourth-order valence-corrected chi connectivity index (χ4v) is 7.62. The highest BCUT2D eigenvalue weighted by molar-refractivity contribution is 7.88. The lowest BCUT2D eigenvalue weighted by Gasteiger charge is -2.37. The Hall–Kier alpha value is -5.77. The van der Waals surface area contributed by atoms with Crippen LogP contribution in [0.3, 0.4) is 0 Å². The Morgan fingerprint density at radius 1 is 0.857 bits per heavy atom. The molecule has 3 aromatic heterocycles. The highest BCUT2D eigenvalue weighted by Gasteiger charge is 2.28. The molecule has 0 unspecified atom stereocenters. The van der Waals surface area contributed by atoms with Gasteiger partial charge < -0.3 is 19.7 Å². The molecule has 3 aromatic carbocycles. The Bertz CT molecular complexity index is 2380. The number of hydrogen-bond donors (Lipinski definition) is 1. The summed E-state index contributed by atoms with van der Waals surface area (Å²) in [5, 5.41) is 3.74. The van der Waals surface area contributed by atoms with E-state index in [2.05, 4.69) is 27.0 Å². The van der Waals surface area contributed by atoms with E-state index in [1.807, 2.05) is 61.5 Å². The fourth-order valence-electron chi connectivity index (χ4n) is 6.79. The summed E-state index contributed by atoms with van der Waals surface area (Å²) < 4.78 is 52.0. The summed E-state index contributed by atoms with van der Waals surface area (Å²) in [6.07, 6.45) is 4.65. The maximum atomic E-state index is 15.3. The summed E-state index contributed by atoms with van der Waals surface area (Å²) in [5.74, 6) is 2.87. The van der Waals surface area contributed by atoms with Crippen molar-refractivity contribution in [2.75, 3.05) is 56.9 Å². The summed E-state index contributed by atoms with van der Waals surface area (Å²) in [7, 11) is -0.00113. The van der Waals surface area contributed by atoms with Crippen LogP contribution in [0.2, 0.25) is 0 Å². The first-order valence-electron chi connectivity index (χ1n) is 18.2. The molecule has 0 amide bonds. The van der Waals surface area contributed by atoms with Crippen molar-refractivity contribution in [1.82, 2.24) is 34.1 Å². The molecule has 0 saturated carbocycles. The maximum absolute atomic E-state index is 15.3. The molecule has 290 valence electrons. The zero-order chi connectivity index (χ0) is 39.4. The smallest absolute Gasteiger partial charge is 0.229 e. The number of rotatable bonds is 13. The van der Waals surface area contributed by atoms with Crippen molar-refractivity contribution < 1.29 is 22.3 Å². The number of nitrogens with one attached hydrogen (secondary N) is 1. The molecule has 13 nitrogen and oxygen atoms in total. The van der Waals surface area contributed by atoms with Gasteiger partial charge in [-0.15, -0.1) is 0 Å². The molecular formula is C41H44FN9O4S. The first-order chi connectivity index (χ1) is 27.0. The number of fused-ring (bicyclic) bond motifs is 1. The average molecular weight is 778 g/mol. The molecule has 0 radical (unpaired) electrons. The zero-order valence-corrected chi connectivity index (χ0v) is 32.8. The second kappa shape index (κ2) is 16.5. The molecule has 6 aromatic rings. The van der Waals surface area contributed by atoms with Gasteiger partial charge in [0.2, 0.25) is 16.0 Å². The number of benzene rings is 3. The summed E-state index contributed by atoms with van der Waals surface area (Å²) in [6.45, 7) is 6.81. The van der Waals surface area contributed by atoms with Gasteiger partial charge in [0, 0.05) is 68.8 Å². The SMILES string of the molecule is COc1ccc(CN(Cc2ccc(OC)cc2)c2nc(C)nc(-c3cc([C@@H](C)N4CCN(S(C)(=O)=O)CC4)cnc3Nc3cc(F)c4cccnc4c3)n2)cc1. The molecule has 1 saturated heterocycles. The lowest BCUT2D eigenvalue weighted by Crippen LogP contribution is -2.48. The van der Waals surface area contributed by atoms with Gasteiger partial charge in [0.1, 0.15) is 29.0 Å². The van der Waals surface area contributed by atoms with Crippen molar-refractivity contribution in [2.45, 2.75) is 33.0 Å². The third-order valence-corrected chi connectivity index (χ3v) is 11.2. The number of hydrogen-bond acceptors (Lipinski definition) is 12. The van der Waals surface area contributed by atoms with Gasteiger partial charge in [0.05, 0.1) is 31.6 Å². The number of methoxy groups -OCH3 is 2. The molecule has 56 heavy (non-hydrogen) atoms. The topological polar surface area (TPSA) is 139 Å². The first-order valence-corrected chi connectivity index (χ1v) is 20.1. The number of piperazine rings is 1. The average Bonchev–Trinajstić information content (AvgIpc) is 3.20. The number of sulfonamides is 1. The molecular weight excluding hydrogens is 734 g/mol. The summed E-state index contributed by atoms with van der Waals surface area (Å²) in [4.78, 5) is 28.3. The van der Waals surface area contributed by atoms with Crippen LogP contribution in [0, 0.1) is 12.7 Å². The van der Waals surface area contributed by atoms with E-state index >= 15 is 4.39 Å². The molecule has 1 N–H and O–H groups in total. The number of halogens is 1. The van der Waals surface area contributed by atoms with Gasteiger partial charge in [-0.2, -0.15) is 14.3 Å². The van der Waals surface area contributed by atoms with Crippen LogP contribution in [0.25, 0.3) is 22.3 Å². The van der Waals surface area contributed by atoms with E-state index in [0.29, 0.717) is 84.8 Å². The van der Waals surface area contributed by atoms with Crippen LogP contribution >= 0.6 is 0 Å². The van der Waals surface area contributed by atoms with Gasteiger partial charge in [0.15, 0.2) is 5.82 Å². The molecule has 0 spiro atoms. The molecule has 7 rings (SSSR count). The van der Waals surface area contributed by atoms with Gasteiger partial charge in [-0.1, -0.05) is 24.3 Å². The minimum absolute atomic E-state index is 0.108. The van der Waals surface area contributed by atoms with Crippen LogP contribution < -0.4 is 19.7 Å². The number of aryl methyl sites for hydroxylation is 1. The van der Waals surface area contributed by atoms with Crippen LogP contribution in [0.15, 0.2) is 91.3 Å². The number of aromatic nitrogens is 5. The number of pyridine rings is 2. The van der Waals surface area contributed by atoms with Gasteiger partial charge in [-0.3, -0.25) is 9.88 Å². The van der Waals surface area contributed by atoms with Crippen LogP contribution in [-0.4, -0.2) is 89.2 Å². The zero-order valence-electron chi connectivity index (χ0n) is 32.0. The number of anilines is 3. The minimum Gasteiger partial charge on any atom is -0.497 e. The number of nitrogens with zero attached hydrogens (tertiary/aromatic N) is 8. The third-order valence-electron chi connectivity index (χ3n) is 9.94. The monoisotopic (exact) mass is 777 g/mol. The van der Waals surface area contributed by atoms with Crippen LogP contribution in [0.1, 0.15) is 35.5 Å². The number of ether oxygens (including phenoxy) is 2. The third kappa shape index (κ3) is 8.85. The van der Waals surface area contributed by atoms with E-state index in [-0.39, 0.29) is 6.04 Å². The minimum atomic E-state index is -3.28. The predicted molar refractivity (Wildman–Crippen MR) is 215 cm³/mol. The Kier molecular flexibility index (Phi) is 11.4. The van der Waals surface area contributed by atoms with E-state index in [0.717, 1.165) is 28.2 Å². The second-order valence-electron chi connectivity index (χ2n) is 13.8. The fraction of sp³-hybridized carbons (Fsp3) is 0.293. The normalized spacial score (nSPS) is 14.4. The van der Waals surface area contributed by atoms with E-state index in [9.17, 15) is 8.42 Å². The van der Waals surface area contributed by atoms with Crippen molar-refractivity contribution in [3.05, 3.63) is 120 Å². The van der Waals surface area contributed by atoms with Crippen molar-refractivity contribution in [2.24, 2.45) is 0 Å². The highest BCUT2D eigenvalue weighted by Crippen LogP contribution is 2.34. The molecule has 1 atom stereocenters. The molecule has 1 fully saturated rings. The van der Waals surface area contributed by atoms with Gasteiger partial charge >= 0.3 is 0 Å². The Balaban J connectivity index is 1.29. The molecule has 4 heterocycles. The van der Waals surface area contributed by atoms with Crippen molar-refractivity contribution in [3.8, 4) is 22.9 Å². The summed E-state index contributed by atoms with van der Waals surface area (Å²) in [5.41, 5.74) is 4.50. The predicted octanol–water partition coefficient (Wildman–Crippen LogP) is 6.54. The van der Waals surface area contributed by atoms with E-state index in [4.69, 9.17) is 29.4 Å². The lowest BCUT2D eigenvalue weighted by atomic mass is 10.0.